The van der Waals surface area contributed by atoms with Gasteiger partial charge in [-0.05, 0) is 44.0 Å². The maximum Gasteiger partial charge on any atom is 0.330 e. The lowest BCUT2D eigenvalue weighted by Crippen LogP contribution is -2.24. The first-order valence-electron chi connectivity index (χ1n) is 5.18. The molecule has 0 saturated carbocycles. The largest absolute Gasteiger partial charge is 0.488 e. The summed E-state index contributed by atoms with van der Waals surface area (Å²) in [6, 6.07) is 3.65. The SMILES string of the molecule is C=CC(=O)OCC(O)COc1c(Br)cc(Br)cc1Br. The van der Waals surface area contributed by atoms with Crippen LogP contribution in [0.4, 0.5) is 0 Å². The van der Waals surface area contributed by atoms with Crippen LogP contribution in [-0.2, 0) is 9.53 Å². The molecule has 0 spiro atoms. The van der Waals surface area contributed by atoms with Crippen molar-refractivity contribution in [2.45, 2.75) is 6.10 Å². The zero-order valence-corrected chi connectivity index (χ0v) is 14.5. The van der Waals surface area contributed by atoms with Crippen molar-refractivity contribution >= 4 is 53.8 Å². The highest BCUT2D eigenvalue weighted by atomic mass is 79.9. The smallest absolute Gasteiger partial charge is 0.330 e. The molecular weight excluding hydrogens is 448 g/mol. The summed E-state index contributed by atoms with van der Waals surface area (Å²) in [5, 5.41) is 9.61. The number of hydrogen-bond donors (Lipinski definition) is 1. The Morgan fingerprint density at radius 1 is 1.32 bits per heavy atom. The number of aliphatic hydroxyl groups is 1. The second kappa shape index (κ2) is 8.04. The Morgan fingerprint density at radius 2 is 1.89 bits per heavy atom. The van der Waals surface area contributed by atoms with Gasteiger partial charge >= 0.3 is 5.97 Å². The van der Waals surface area contributed by atoms with E-state index >= 15 is 0 Å². The van der Waals surface area contributed by atoms with Gasteiger partial charge in [-0.2, -0.15) is 0 Å². The maximum absolute atomic E-state index is 10.8. The summed E-state index contributed by atoms with van der Waals surface area (Å²) in [5.74, 6) is -0.0117. The second-order valence-electron chi connectivity index (χ2n) is 3.50. The number of carbonyl (C=O) groups is 1. The van der Waals surface area contributed by atoms with Crippen LogP contribution in [0.25, 0.3) is 0 Å². The number of rotatable bonds is 6. The Labute approximate surface area is 136 Å². The maximum atomic E-state index is 10.8. The molecule has 1 N–H and O–H groups in total. The fourth-order valence-corrected chi connectivity index (χ4v) is 3.62. The number of carbonyl (C=O) groups excluding carboxylic acids is 1. The molecular formula is C12H11Br3O4. The molecule has 0 bridgehead atoms. The molecule has 1 aromatic rings. The number of aliphatic hydroxyl groups excluding tert-OH is 1. The van der Waals surface area contributed by atoms with Crippen molar-refractivity contribution in [1.29, 1.82) is 0 Å². The molecule has 0 aromatic heterocycles. The lowest BCUT2D eigenvalue weighted by Gasteiger charge is -2.14. The molecule has 0 heterocycles. The first kappa shape index (κ1) is 16.7. The average Bonchev–Trinajstić information content (AvgIpc) is 2.34. The van der Waals surface area contributed by atoms with Crippen LogP contribution >= 0.6 is 47.8 Å². The number of halogens is 3. The third kappa shape index (κ3) is 5.64. The Morgan fingerprint density at radius 3 is 2.42 bits per heavy atom. The van der Waals surface area contributed by atoms with E-state index in [-0.39, 0.29) is 13.2 Å². The lowest BCUT2D eigenvalue weighted by molar-refractivity contribution is -0.141. The summed E-state index contributed by atoms with van der Waals surface area (Å²) < 4.78 is 12.5. The van der Waals surface area contributed by atoms with E-state index in [1.165, 1.54) is 0 Å². The lowest BCUT2D eigenvalue weighted by atomic mass is 10.3. The van der Waals surface area contributed by atoms with Crippen molar-refractivity contribution in [2.75, 3.05) is 13.2 Å². The molecule has 0 aliphatic heterocycles. The van der Waals surface area contributed by atoms with E-state index in [9.17, 15) is 9.90 Å². The summed E-state index contributed by atoms with van der Waals surface area (Å²) in [4.78, 5) is 10.8. The van der Waals surface area contributed by atoms with Crippen molar-refractivity contribution in [3.63, 3.8) is 0 Å². The van der Waals surface area contributed by atoms with Gasteiger partial charge in [0.05, 0.1) is 8.95 Å². The van der Waals surface area contributed by atoms with Gasteiger partial charge in [-0.3, -0.25) is 0 Å². The highest BCUT2D eigenvalue weighted by molar-refractivity contribution is 9.11. The molecule has 4 nitrogen and oxygen atoms in total. The van der Waals surface area contributed by atoms with Crippen LogP contribution in [0.3, 0.4) is 0 Å². The van der Waals surface area contributed by atoms with Gasteiger partial charge in [-0.15, -0.1) is 0 Å². The van der Waals surface area contributed by atoms with Crippen LogP contribution in [-0.4, -0.2) is 30.4 Å². The summed E-state index contributed by atoms with van der Waals surface area (Å²) >= 11 is 10.1. The molecule has 0 aliphatic rings. The molecule has 0 amide bonds. The third-order valence-corrected chi connectivity index (χ3v) is 3.60. The van der Waals surface area contributed by atoms with Gasteiger partial charge in [0.1, 0.15) is 25.1 Å². The Hall–Kier alpha value is -0.370. The summed E-state index contributed by atoms with van der Waals surface area (Å²) in [6.07, 6.45) is 0.126. The molecule has 1 unspecified atom stereocenters. The zero-order valence-electron chi connectivity index (χ0n) is 9.74. The Balaban J connectivity index is 2.53. The standard InChI is InChI=1S/C12H11Br3O4/c1-2-11(17)18-5-8(16)6-19-12-9(14)3-7(13)4-10(12)15/h2-4,8,16H,1,5-6H2. The van der Waals surface area contributed by atoms with Crippen LogP contribution in [0.2, 0.25) is 0 Å². The van der Waals surface area contributed by atoms with Gasteiger partial charge in [0, 0.05) is 10.5 Å². The first-order valence-corrected chi connectivity index (χ1v) is 7.56. The summed E-state index contributed by atoms with van der Waals surface area (Å²) in [7, 11) is 0. The van der Waals surface area contributed by atoms with Crippen LogP contribution in [0, 0.1) is 0 Å². The quantitative estimate of drug-likeness (QED) is 0.524. The highest BCUT2D eigenvalue weighted by Crippen LogP contribution is 2.36. The molecule has 1 rings (SSSR count). The van der Waals surface area contributed by atoms with Gasteiger partial charge in [-0.25, -0.2) is 4.79 Å². The minimum Gasteiger partial charge on any atom is -0.488 e. The monoisotopic (exact) mass is 456 g/mol. The van der Waals surface area contributed by atoms with Crippen LogP contribution < -0.4 is 4.74 Å². The highest BCUT2D eigenvalue weighted by Gasteiger charge is 2.12. The molecule has 0 radical (unpaired) electrons. The van der Waals surface area contributed by atoms with Gasteiger partial charge < -0.3 is 14.6 Å². The van der Waals surface area contributed by atoms with Crippen molar-refractivity contribution in [1.82, 2.24) is 0 Å². The van der Waals surface area contributed by atoms with Crippen molar-refractivity contribution in [3.05, 3.63) is 38.2 Å². The van der Waals surface area contributed by atoms with Gasteiger partial charge in [0.2, 0.25) is 0 Å². The van der Waals surface area contributed by atoms with Gasteiger partial charge in [0.25, 0.3) is 0 Å². The van der Waals surface area contributed by atoms with E-state index in [1.807, 2.05) is 12.1 Å². The van der Waals surface area contributed by atoms with E-state index in [4.69, 9.17) is 9.47 Å². The fraction of sp³-hybridized carbons (Fsp3) is 0.250. The van der Waals surface area contributed by atoms with E-state index in [2.05, 4.69) is 54.4 Å². The Bertz CT molecular complexity index is 453. The van der Waals surface area contributed by atoms with Crippen molar-refractivity contribution in [3.8, 4) is 5.75 Å². The zero-order chi connectivity index (χ0) is 14.4. The number of hydrogen-bond acceptors (Lipinski definition) is 4. The summed E-state index contributed by atoms with van der Waals surface area (Å²) in [6.45, 7) is 3.12. The molecule has 0 fully saturated rings. The molecule has 0 saturated heterocycles. The minimum absolute atomic E-state index is 0.00323. The number of benzene rings is 1. The average molecular weight is 459 g/mol. The van der Waals surface area contributed by atoms with Crippen LogP contribution in [0.1, 0.15) is 0 Å². The molecule has 1 atom stereocenters. The van der Waals surface area contributed by atoms with Crippen molar-refractivity contribution < 1.29 is 19.4 Å². The minimum atomic E-state index is -0.911. The first-order chi connectivity index (χ1) is 8.93. The van der Waals surface area contributed by atoms with Gasteiger partial charge in [-0.1, -0.05) is 22.5 Å². The molecule has 7 heteroatoms. The van der Waals surface area contributed by atoms with E-state index in [0.29, 0.717) is 5.75 Å². The summed E-state index contributed by atoms with van der Waals surface area (Å²) in [5.41, 5.74) is 0. The van der Waals surface area contributed by atoms with E-state index in [1.54, 1.807) is 0 Å². The van der Waals surface area contributed by atoms with Crippen LogP contribution in [0.5, 0.6) is 5.75 Å². The normalized spacial score (nSPS) is 11.8. The predicted molar refractivity (Wildman–Crippen MR) is 82.2 cm³/mol. The number of esters is 1. The van der Waals surface area contributed by atoms with Crippen molar-refractivity contribution in [2.24, 2.45) is 0 Å². The third-order valence-electron chi connectivity index (χ3n) is 1.97. The van der Waals surface area contributed by atoms with Crippen LogP contribution in [0.15, 0.2) is 38.2 Å². The molecule has 104 valence electrons. The number of ether oxygens (including phenoxy) is 2. The molecule has 0 aliphatic carbocycles. The topological polar surface area (TPSA) is 55.8 Å². The predicted octanol–water partition coefficient (Wildman–Crippen LogP) is 3.44. The molecule has 19 heavy (non-hydrogen) atoms. The fourth-order valence-electron chi connectivity index (χ4n) is 1.13. The second-order valence-corrected chi connectivity index (χ2v) is 6.12. The van der Waals surface area contributed by atoms with Gasteiger partial charge in [0.15, 0.2) is 0 Å². The molecule has 1 aromatic carbocycles. The Kier molecular flexibility index (Phi) is 7.06. The van der Waals surface area contributed by atoms with E-state index < -0.39 is 12.1 Å². The van der Waals surface area contributed by atoms with E-state index in [0.717, 1.165) is 19.5 Å².